The molecule has 69 heavy (non-hydrogen) atoms. The molecule has 0 atom stereocenters. The SMILES string of the molecule is CN(CCOCCOCCOCCOCCOCCOCCOCCOCCOCCOCCOCCOCCOCCCNC(=O)OCC1c2ccccc2-c2ccccc21)C(=O)OC(C)(C)C. The number of ether oxygens (including phenoxy) is 15. The average molecular weight is 983 g/mol. The summed E-state index contributed by atoms with van der Waals surface area (Å²) < 4.78 is 82.6. The molecular formula is C50H82N2O17. The first-order chi connectivity index (χ1) is 33.8. The van der Waals surface area contributed by atoms with E-state index in [0.717, 1.165) is 0 Å². The lowest BCUT2D eigenvalue weighted by Crippen LogP contribution is -2.36. The second-order valence-corrected chi connectivity index (χ2v) is 16.5. The highest BCUT2D eigenvalue weighted by Crippen LogP contribution is 2.44. The fourth-order valence-electron chi connectivity index (χ4n) is 6.39. The van der Waals surface area contributed by atoms with Crippen LogP contribution in [0.15, 0.2) is 48.5 Å². The van der Waals surface area contributed by atoms with Crippen LogP contribution in [-0.2, 0) is 71.1 Å². The molecule has 2 amide bonds. The molecule has 19 nitrogen and oxygen atoms in total. The molecule has 0 spiro atoms. The molecule has 19 heteroatoms. The molecule has 1 aliphatic rings. The summed E-state index contributed by atoms with van der Waals surface area (Å²) in [6.07, 6.45) is -0.111. The van der Waals surface area contributed by atoms with E-state index in [1.165, 1.54) is 27.2 Å². The molecule has 0 heterocycles. The number of amides is 2. The maximum atomic E-state index is 12.3. The smallest absolute Gasteiger partial charge is 0.410 e. The number of benzene rings is 2. The van der Waals surface area contributed by atoms with Crippen molar-refractivity contribution in [3.8, 4) is 11.1 Å². The van der Waals surface area contributed by atoms with Crippen LogP contribution in [-0.4, -0.2) is 221 Å². The Labute approximate surface area is 410 Å². The Bertz CT molecular complexity index is 1520. The number of carbonyl (C=O) groups is 2. The van der Waals surface area contributed by atoms with Crippen LogP contribution in [0.3, 0.4) is 0 Å². The average Bonchev–Trinajstić information content (AvgIpc) is 3.66. The summed E-state index contributed by atoms with van der Waals surface area (Å²) in [4.78, 5) is 25.7. The number of nitrogens with one attached hydrogen (secondary N) is 1. The van der Waals surface area contributed by atoms with Crippen molar-refractivity contribution in [2.24, 2.45) is 0 Å². The maximum absolute atomic E-state index is 12.3. The van der Waals surface area contributed by atoms with Crippen molar-refractivity contribution in [1.29, 1.82) is 0 Å². The Kier molecular flexibility index (Phi) is 34.7. The van der Waals surface area contributed by atoms with E-state index in [0.29, 0.717) is 198 Å². The fraction of sp³-hybridized carbons (Fsp3) is 0.720. The van der Waals surface area contributed by atoms with E-state index >= 15 is 0 Å². The predicted octanol–water partition coefficient (Wildman–Crippen LogP) is 5.00. The summed E-state index contributed by atoms with van der Waals surface area (Å²) in [5, 5.41) is 2.81. The first kappa shape index (κ1) is 59.8. The molecule has 3 rings (SSSR count). The minimum Gasteiger partial charge on any atom is -0.449 e. The number of hydrogen-bond acceptors (Lipinski definition) is 17. The number of likely N-dealkylation sites (N-methyl/N-ethyl adjacent to an activating group) is 1. The van der Waals surface area contributed by atoms with Gasteiger partial charge in [0.2, 0.25) is 0 Å². The topological polar surface area (TPSA) is 188 Å². The standard InChI is InChI=1S/C50H82N2O17/c1-50(2,3)69-49(54)52(4)15-17-56-19-21-58-23-25-60-27-29-62-31-33-64-35-37-66-39-41-67-40-38-65-36-34-63-32-30-61-28-26-59-24-22-57-20-18-55-16-9-14-51-48(53)68-42-47-45-12-7-5-10-43(45)44-11-6-8-13-46(44)47/h5-8,10-13,47H,9,14-42H2,1-4H3,(H,51,53). The van der Waals surface area contributed by atoms with Crippen molar-refractivity contribution in [1.82, 2.24) is 10.2 Å². The van der Waals surface area contributed by atoms with Gasteiger partial charge in [0.1, 0.15) is 12.2 Å². The third-order valence-corrected chi connectivity index (χ3v) is 9.82. The summed E-state index contributed by atoms with van der Waals surface area (Å²) in [7, 11) is 1.68. The van der Waals surface area contributed by atoms with Gasteiger partial charge < -0.3 is 81.3 Å². The van der Waals surface area contributed by atoms with Gasteiger partial charge in [-0.3, -0.25) is 0 Å². The Morgan fingerprint density at radius 3 is 1.10 bits per heavy atom. The molecule has 0 saturated heterocycles. The summed E-state index contributed by atoms with van der Waals surface area (Å²) in [6.45, 7) is 19.0. The van der Waals surface area contributed by atoms with Gasteiger partial charge in [0.15, 0.2) is 0 Å². The van der Waals surface area contributed by atoms with Crippen LogP contribution >= 0.6 is 0 Å². The Balaban J connectivity index is 0.903. The third-order valence-electron chi connectivity index (χ3n) is 9.82. The van der Waals surface area contributed by atoms with Crippen LogP contribution in [0.1, 0.15) is 44.2 Å². The highest BCUT2D eigenvalue weighted by atomic mass is 16.6. The number of rotatable bonds is 45. The summed E-state index contributed by atoms with van der Waals surface area (Å²) in [5.41, 5.74) is 4.27. The molecule has 2 aromatic rings. The molecule has 0 unspecified atom stereocenters. The van der Waals surface area contributed by atoms with E-state index in [4.69, 9.17) is 71.1 Å². The quantitative estimate of drug-likeness (QED) is 0.0873. The number of alkyl carbamates (subject to hydrolysis) is 1. The minimum absolute atomic E-state index is 0.0432. The number of carbonyl (C=O) groups excluding carboxylic acids is 2. The molecule has 0 aliphatic heterocycles. The van der Waals surface area contributed by atoms with Gasteiger partial charge in [0.25, 0.3) is 0 Å². The molecule has 0 bridgehead atoms. The lowest BCUT2D eigenvalue weighted by Gasteiger charge is -2.24. The van der Waals surface area contributed by atoms with Crippen molar-refractivity contribution in [3.05, 3.63) is 59.7 Å². The van der Waals surface area contributed by atoms with E-state index in [1.807, 2.05) is 45.0 Å². The number of hydrogen-bond donors (Lipinski definition) is 1. The van der Waals surface area contributed by atoms with Gasteiger partial charge in [-0.05, 0) is 49.4 Å². The second kappa shape index (κ2) is 40.1. The Morgan fingerprint density at radius 1 is 0.464 bits per heavy atom. The van der Waals surface area contributed by atoms with Gasteiger partial charge in [0, 0.05) is 32.7 Å². The van der Waals surface area contributed by atoms with Crippen LogP contribution in [0.4, 0.5) is 9.59 Å². The van der Waals surface area contributed by atoms with Crippen LogP contribution in [0.25, 0.3) is 11.1 Å². The van der Waals surface area contributed by atoms with Crippen molar-refractivity contribution in [2.45, 2.75) is 38.7 Å². The van der Waals surface area contributed by atoms with Gasteiger partial charge in [-0.1, -0.05) is 48.5 Å². The maximum Gasteiger partial charge on any atom is 0.410 e. The van der Waals surface area contributed by atoms with Gasteiger partial charge in [-0.2, -0.15) is 0 Å². The van der Waals surface area contributed by atoms with E-state index in [1.54, 1.807) is 7.05 Å². The molecule has 1 aliphatic carbocycles. The monoisotopic (exact) mass is 983 g/mol. The van der Waals surface area contributed by atoms with E-state index in [-0.39, 0.29) is 12.0 Å². The zero-order valence-corrected chi connectivity index (χ0v) is 41.8. The molecule has 394 valence electrons. The van der Waals surface area contributed by atoms with E-state index in [9.17, 15) is 9.59 Å². The van der Waals surface area contributed by atoms with Crippen molar-refractivity contribution < 1.29 is 80.6 Å². The third kappa shape index (κ3) is 30.7. The van der Waals surface area contributed by atoms with Gasteiger partial charge >= 0.3 is 12.2 Å². The lowest BCUT2D eigenvalue weighted by molar-refractivity contribution is -0.0291. The highest BCUT2D eigenvalue weighted by molar-refractivity contribution is 5.79. The summed E-state index contributed by atoms with van der Waals surface area (Å²) in [5.74, 6) is 0.0432. The van der Waals surface area contributed by atoms with Gasteiger partial charge in [-0.25, -0.2) is 9.59 Å². The first-order valence-electron chi connectivity index (χ1n) is 24.3. The predicted molar refractivity (Wildman–Crippen MR) is 257 cm³/mol. The van der Waals surface area contributed by atoms with Crippen LogP contribution in [0.2, 0.25) is 0 Å². The molecule has 2 aromatic carbocycles. The zero-order valence-electron chi connectivity index (χ0n) is 41.8. The highest BCUT2D eigenvalue weighted by Gasteiger charge is 2.29. The van der Waals surface area contributed by atoms with Crippen LogP contribution in [0.5, 0.6) is 0 Å². The first-order valence-corrected chi connectivity index (χ1v) is 24.3. The van der Waals surface area contributed by atoms with Crippen molar-refractivity contribution >= 4 is 12.2 Å². The normalized spacial score (nSPS) is 12.3. The van der Waals surface area contributed by atoms with Crippen LogP contribution in [0, 0.1) is 0 Å². The molecule has 0 radical (unpaired) electrons. The second-order valence-electron chi connectivity index (χ2n) is 16.5. The van der Waals surface area contributed by atoms with Gasteiger partial charge in [-0.15, -0.1) is 0 Å². The van der Waals surface area contributed by atoms with E-state index < -0.39 is 11.7 Å². The number of nitrogens with zero attached hydrogens (tertiary/aromatic N) is 1. The minimum atomic E-state index is -0.518. The van der Waals surface area contributed by atoms with Crippen molar-refractivity contribution in [3.63, 3.8) is 0 Å². The summed E-state index contributed by atoms with van der Waals surface area (Å²) in [6, 6.07) is 16.6. The fourth-order valence-corrected chi connectivity index (χ4v) is 6.39. The molecular weight excluding hydrogens is 901 g/mol. The summed E-state index contributed by atoms with van der Waals surface area (Å²) >= 11 is 0. The van der Waals surface area contributed by atoms with Gasteiger partial charge in [0.05, 0.1) is 165 Å². The van der Waals surface area contributed by atoms with E-state index in [2.05, 4.69) is 29.6 Å². The molecule has 0 saturated carbocycles. The Morgan fingerprint density at radius 2 is 0.768 bits per heavy atom. The zero-order chi connectivity index (χ0) is 49.3. The Hall–Kier alpha value is -3.54. The van der Waals surface area contributed by atoms with Crippen molar-refractivity contribution in [2.75, 3.05) is 199 Å². The number of fused-ring (bicyclic) bond motifs is 3. The molecule has 0 fully saturated rings. The largest absolute Gasteiger partial charge is 0.449 e. The molecule has 1 N–H and O–H groups in total. The molecule has 0 aromatic heterocycles. The van der Waals surface area contributed by atoms with Crippen LogP contribution < -0.4 is 5.32 Å². The lowest BCUT2D eigenvalue weighted by atomic mass is 9.98.